The van der Waals surface area contributed by atoms with Gasteiger partial charge in [-0.25, -0.2) is 0 Å². The van der Waals surface area contributed by atoms with Gasteiger partial charge in [0.2, 0.25) is 0 Å². The van der Waals surface area contributed by atoms with E-state index in [1.54, 1.807) is 0 Å². The molecule has 2 N–H and O–H groups in total. The average molecular weight is 231 g/mol. The number of nitrogens with one attached hydrogen (secondary N) is 1. The summed E-state index contributed by atoms with van der Waals surface area (Å²) in [6.45, 7) is 0. The van der Waals surface area contributed by atoms with Gasteiger partial charge in [0, 0.05) is 12.1 Å². The SMILES string of the molecule is Oc1cccc2c1CC(NC1CCCCC1)C2. The molecule has 1 aromatic rings. The Balaban J connectivity index is 1.63. The van der Waals surface area contributed by atoms with Crippen molar-refractivity contribution in [1.29, 1.82) is 0 Å². The van der Waals surface area contributed by atoms with Gasteiger partial charge in [-0.1, -0.05) is 31.4 Å². The van der Waals surface area contributed by atoms with E-state index in [0.29, 0.717) is 17.8 Å². The van der Waals surface area contributed by atoms with Crippen LogP contribution < -0.4 is 5.32 Å². The number of aromatic hydroxyl groups is 1. The minimum Gasteiger partial charge on any atom is -0.508 e. The Labute approximate surface area is 103 Å². The van der Waals surface area contributed by atoms with Crippen molar-refractivity contribution in [2.75, 3.05) is 0 Å². The lowest BCUT2D eigenvalue weighted by Crippen LogP contribution is -2.39. The molecule has 17 heavy (non-hydrogen) atoms. The van der Waals surface area contributed by atoms with Crippen LogP contribution in [0.3, 0.4) is 0 Å². The first-order chi connectivity index (χ1) is 8.33. The van der Waals surface area contributed by atoms with Crippen molar-refractivity contribution in [1.82, 2.24) is 5.32 Å². The lowest BCUT2D eigenvalue weighted by Gasteiger charge is -2.26. The molecule has 0 radical (unpaired) electrons. The predicted molar refractivity (Wildman–Crippen MR) is 69.3 cm³/mol. The number of phenolic OH excluding ortho intramolecular Hbond substituents is 1. The highest BCUT2D eigenvalue weighted by Gasteiger charge is 2.26. The van der Waals surface area contributed by atoms with E-state index in [1.807, 2.05) is 12.1 Å². The topological polar surface area (TPSA) is 32.3 Å². The summed E-state index contributed by atoms with van der Waals surface area (Å²) in [4.78, 5) is 0. The molecule has 0 spiro atoms. The van der Waals surface area contributed by atoms with E-state index in [4.69, 9.17) is 0 Å². The number of fused-ring (bicyclic) bond motifs is 1. The number of hydrogen-bond donors (Lipinski definition) is 2. The summed E-state index contributed by atoms with van der Waals surface area (Å²) in [7, 11) is 0. The van der Waals surface area contributed by atoms with Crippen LogP contribution in [0.25, 0.3) is 0 Å². The molecule has 0 amide bonds. The fourth-order valence-corrected chi connectivity index (χ4v) is 3.35. The predicted octanol–water partition coefficient (Wildman–Crippen LogP) is 2.78. The van der Waals surface area contributed by atoms with Crippen LogP contribution >= 0.6 is 0 Å². The summed E-state index contributed by atoms with van der Waals surface area (Å²) in [5, 5.41) is 13.6. The molecule has 0 aromatic heterocycles. The van der Waals surface area contributed by atoms with Crippen molar-refractivity contribution in [2.24, 2.45) is 0 Å². The Bertz CT molecular complexity index is 396. The molecule has 2 nitrogen and oxygen atoms in total. The molecule has 1 unspecified atom stereocenters. The molecule has 2 aliphatic rings. The van der Waals surface area contributed by atoms with Gasteiger partial charge in [-0.2, -0.15) is 0 Å². The summed E-state index contributed by atoms with van der Waals surface area (Å²) in [6.07, 6.45) is 8.91. The van der Waals surface area contributed by atoms with Crippen molar-refractivity contribution < 1.29 is 5.11 Å². The average Bonchev–Trinajstić information content (AvgIpc) is 2.74. The maximum absolute atomic E-state index is 9.83. The van der Waals surface area contributed by atoms with Crippen molar-refractivity contribution in [3.05, 3.63) is 29.3 Å². The van der Waals surface area contributed by atoms with Gasteiger partial charge in [0.25, 0.3) is 0 Å². The zero-order valence-corrected chi connectivity index (χ0v) is 10.3. The molecular weight excluding hydrogens is 210 g/mol. The molecule has 1 fully saturated rings. The highest BCUT2D eigenvalue weighted by molar-refractivity contribution is 5.43. The third-order valence-corrected chi connectivity index (χ3v) is 4.24. The van der Waals surface area contributed by atoms with E-state index in [9.17, 15) is 5.11 Å². The Morgan fingerprint density at radius 2 is 1.82 bits per heavy atom. The molecule has 1 aromatic carbocycles. The van der Waals surface area contributed by atoms with Gasteiger partial charge in [-0.05, 0) is 42.9 Å². The standard InChI is InChI=1S/C15H21NO/c17-15-8-4-5-11-9-13(10-14(11)15)16-12-6-2-1-3-7-12/h4-5,8,12-13,16-17H,1-3,6-7,9-10H2. The van der Waals surface area contributed by atoms with E-state index in [-0.39, 0.29) is 0 Å². The molecule has 2 heteroatoms. The molecule has 92 valence electrons. The van der Waals surface area contributed by atoms with Gasteiger partial charge in [0.15, 0.2) is 0 Å². The molecule has 0 heterocycles. The fraction of sp³-hybridized carbons (Fsp3) is 0.600. The van der Waals surface area contributed by atoms with Crippen molar-refractivity contribution in [3.63, 3.8) is 0 Å². The van der Waals surface area contributed by atoms with Gasteiger partial charge in [-0.3, -0.25) is 0 Å². The van der Waals surface area contributed by atoms with E-state index in [0.717, 1.165) is 12.8 Å². The zero-order valence-electron chi connectivity index (χ0n) is 10.3. The highest BCUT2D eigenvalue weighted by Crippen LogP contribution is 2.30. The molecule has 0 aliphatic heterocycles. The largest absolute Gasteiger partial charge is 0.508 e. The molecule has 0 bridgehead atoms. The lowest BCUT2D eigenvalue weighted by atomic mass is 9.94. The van der Waals surface area contributed by atoms with Gasteiger partial charge >= 0.3 is 0 Å². The van der Waals surface area contributed by atoms with Crippen LogP contribution in [0.1, 0.15) is 43.2 Å². The van der Waals surface area contributed by atoms with Gasteiger partial charge in [0.1, 0.15) is 5.75 Å². The Morgan fingerprint density at radius 1 is 1.00 bits per heavy atom. The van der Waals surface area contributed by atoms with Crippen LogP contribution in [0.4, 0.5) is 0 Å². The molecule has 1 saturated carbocycles. The van der Waals surface area contributed by atoms with Crippen LogP contribution in [0.15, 0.2) is 18.2 Å². The first-order valence-electron chi connectivity index (χ1n) is 6.89. The Hall–Kier alpha value is -1.02. The number of phenols is 1. The summed E-state index contributed by atoms with van der Waals surface area (Å²) < 4.78 is 0. The monoisotopic (exact) mass is 231 g/mol. The third kappa shape index (κ3) is 2.32. The summed E-state index contributed by atoms with van der Waals surface area (Å²) in [5.41, 5.74) is 2.50. The maximum atomic E-state index is 9.83. The second-order valence-electron chi connectivity index (χ2n) is 5.52. The van der Waals surface area contributed by atoms with Crippen LogP contribution in [0, 0.1) is 0 Å². The zero-order chi connectivity index (χ0) is 11.7. The molecule has 2 aliphatic carbocycles. The number of hydrogen-bond acceptors (Lipinski definition) is 2. The van der Waals surface area contributed by atoms with E-state index in [1.165, 1.54) is 43.2 Å². The molecule has 3 rings (SSSR count). The summed E-state index contributed by atoms with van der Waals surface area (Å²) >= 11 is 0. The van der Waals surface area contributed by atoms with Crippen molar-refractivity contribution in [3.8, 4) is 5.75 Å². The van der Waals surface area contributed by atoms with Crippen LogP contribution in [-0.4, -0.2) is 17.2 Å². The fourth-order valence-electron chi connectivity index (χ4n) is 3.35. The third-order valence-electron chi connectivity index (χ3n) is 4.24. The summed E-state index contributed by atoms with van der Waals surface area (Å²) in [6, 6.07) is 7.17. The maximum Gasteiger partial charge on any atom is 0.119 e. The van der Waals surface area contributed by atoms with E-state index < -0.39 is 0 Å². The Kier molecular flexibility index (Phi) is 3.06. The number of benzene rings is 1. The van der Waals surface area contributed by atoms with Gasteiger partial charge < -0.3 is 10.4 Å². The molecular formula is C15H21NO. The van der Waals surface area contributed by atoms with Gasteiger partial charge in [0.05, 0.1) is 0 Å². The van der Waals surface area contributed by atoms with E-state index >= 15 is 0 Å². The quantitative estimate of drug-likeness (QED) is 0.820. The van der Waals surface area contributed by atoms with Crippen molar-refractivity contribution >= 4 is 0 Å². The first kappa shape index (κ1) is 11.1. The van der Waals surface area contributed by atoms with Crippen LogP contribution in [0.2, 0.25) is 0 Å². The lowest BCUT2D eigenvalue weighted by molar-refractivity contribution is 0.338. The number of rotatable bonds is 2. The summed E-state index contributed by atoms with van der Waals surface area (Å²) in [5.74, 6) is 0.482. The second-order valence-corrected chi connectivity index (χ2v) is 5.52. The normalized spacial score (nSPS) is 24.8. The van der Waals surface area contributed by atoms with Crippen LogP contribution in [0.5, 0.6) is 5.75 Å². The minimum absolute atomic E-state index is 0.482. The Morgan fingerprint density at radius 3 is 2.59 bits per heavy atom. The molecule has 0 saturated heterocycles. The minimum atomic E-state index is 0.482. The first-order valence-corrected chi connectivity index (χ1v) is 6.89. The van der Waals surface area contributed by atoms with Crippen molar-refractivity contribution in [2.45, 2.75) is 57.0 Å². The smallest absolute Gasteiger partial charge is 0.119 e. The van der Waals surface area contributed by atoms with Gasteiger partial charge in [-0.15, -0.1) is 0 Å². The molecule has 1 atom stereocenters. The van der Waals surface area contributed by atoms with E-state index in [2.05, 4.69) is 11.4 Å². The highest BCUT2D eigenvalue weighted by atomic mass is 16.3. The second kappa shape index (κ2) is 4.69. The van der Waals surface area contributed by atoms with Crippen LogP contribution in [-0.2, 0) is 12.8 Å².